The Hall–Kier alpha value is -1.59. The number of hydrogen-bond acceptors (Lipinski definition) is 3. The summed E-state index contributed by atoms with van der Waals surface area (Å²) in [5, 5.41) is 0.0285. The first-order chi connectivity index (χ1) is 9.47. The van der Waals surface area contributed by atoms with Crippen LogP contribution < -0.4 is 5.73 Å². The molecule has 104 valence electrons. The fourth-order valence-corrected chi connectivity index (χ4v) is 1.90. The van der Waals surface area contributed by atoms with Crippen molar-refractivity contribution in [2.24, 2.45) is 0 Å². The molecule has 0 aliphatic carbocycles. The third-order valence-electron chi connectivity index (χ3n) is 2.59. The highest BCUT2D eigenvalue weighted by Crippen LogP contribution is 2.21. The van der Waals surface area contributed by atoms with Gasteiger partial charge in [-0.15, -0.1) is 0 Å². The molecular formula is C14H10BrClFNO2. The van der Waals surface area contributed by atoms with Gasteiger partial charge in [0.1, 0.15) is 12.4 Å². The topological polar surface area (TPSA) is 52.3 Å². The van der Waals surface area contributed by atoms with Crippen LogP contribution in [0.5, 0.6) is 0 Å². The van der Waals surface area contributed by atoms with Crippen molar-refractivity contribution in [1.82, 2.24) is 0 Å². The largest absolute Gasteiger partial charge is 0.457 e. The van der Waals surface area contributed by atoms with Crippen LogP contribution in [0.15, 0.2) is 40.9 Å². The number of ether oxygens (including phenoxy) is 1. The van der Waals surface area contributed by atoms with Crippen LogP contribution in [0.4, 0.5) is 10.1 Å². The van der Waals surface area contributed by atoms with Gasteiger partial charge in [0.25, 0.3) is 0 Å². The fraction of sp³-hybridized carbons (Fsp3) is 0.0714. The number of esters is 1. The predicted octanol–water partition coefficient (Wildman–Crippen LogP) is 4.18. The van der Waals surface area contributed by atoms with Crippen molar-refractivity contribution < 1.29 is 13.9 Å². The van der Waals surface area contributed by atoms with Gasteiger partial charge in [0.2, 0.25) is 0 Å². The Morgan fingerprint density at radius 1 is 1.30 bits per heavy atom. The molecule has 0 saturated heterocycles. The molecule has 0 fully saturated rings. The molecule has 20 heavy (non-hydrogen) atoms. The first kappa shape index (κ1) is 14.8. The molecule has 6 heteroatoms. The Balaban J connectivity index is 2.04. The molecule has 2 N–H and O–H groups in total. The number of hydrogen-bond donors (Lipinski definition) is 1. The van der Waals surface area contributed by atoms with Gasteiger partial charge >= 0.3 is 5.97 Å². The molecule has 0 aliphatic heterocycles. The Bertz CT molecular complexity index is 664. The number of nitrogen functional groups attached to an aromatic ring is 1. The summed E-state index contributed by atoms with van der Waals surface area (Å²) < 4.78 is 19.0. The van der Waals surface area contributed by atoms with Crippen LogP contribution in [-0.4, -0.2) is 5.97 Å². The SMILES string of the molecule is Nc1cc(C(=O)OCc2ccc(Cl)c(F)c2)ccc1Br. The zero-order chi connectivity index (χ0) is 14.7. The van der Waals surface area contributed by atoms with E-state index in [1.165, 1.54) is 18.2 Å². The number of benzene rings is 2. The molecule has 0 atom stereocenters. The summed E-state index contributed by atoms with van der Waals surface area (Å²) in [6.45, 7) is -0.0388. The van der Waals surface area contributed by atoms with Gasteiger partial charge in [-0.3, -0.25) is 0 Å². The molecule has 0 spiro atoms. The van der Waals surface area contributed by atoms with Gasteiger partial charge in [-0.25, -0.2) is 9.18 Å². The minimum Gasteiger partial charge on any atom is -0.457 e. The predicted molar refractivity (Wildman–Crippen MR) is 79.1 cm³/mol. The van der Waals surface area contributed by atoms with Gasteiger partial charge in [0.05, 0.1) is 10.6 Å². The number of halogens is 3. The molecule has 0 amide bonds. The van der Waals surface area contributed by atoms with Crippen molar-refractivity contribution in [3.63, 3.8) is 0 Å². The molecule has 0 heterocycles. The van der Waals surface area contributed by atoms with Crippen molar-refractivity contribution >= 4 is 39.2 Å². The summed E-state index contributed by atoms with van der Waals surface area (Å²) in [6, 6.07) is 8.99. The van der Waals surface area contributed by atoms with Crippen LogP contribution in [0.2, 0.25) is 5.02 Å². The second-order valence-corrected chi connectivity index (χ2v) is 5.32. The normalized spacial score (nSPS) is 10.3. The number of nitrogens with two attached hydrogens (primary N) is 1. The summed E-state index contributed by atoms with van der Waals surface area (Å²) in [5.41, 5.74) is 6.98. The van der Waals surface area contributed by atoms with Crippen LogP contribution in [0, 0.1) is 5.82 Å². The Morgan fingerprint density at radius 2 is 2.05 bits per heavy atom. The van der Waals surface area contributed by atoms with Crippen LogP contribution in [0.25, 0.3) is 0 Å². The first-order valence-corrected chi connectivity index (χ1v) is 6.80. The van der Waals surface area contributed by atoms with Crippen LogP contribution in [0.1, 0.15) is 15.9 Å². The summed E-state index contributed by atoms with van der Waals surface area (Å²) in [4.78, 5) is 11.8. The Morgan fingerprint density at radius 3 is 2.70 bits per heavy atom. The summed E-state index contributed by atoms with van der Waals surface area (Å²) in [7, 11) is 0. The fourth-order valence-electron chi connectivity index (χ4n) is 1.53. The molecule has 2 rings (SSSR count). The van der Waals surface area contributed by atoms with E-state index in [1.807, 2.05) is 0 Å². The van der Waals surface area contributed by atoms with E-state index in [9.17, 15) is 9.18 Å². The van der Waals surface area contributed by atoms with E-state index in [0.717, 1.165) is 0 Å². The molecule has 0 aliphatic rings. The van der Waals surface area contributed by atoms with E-state index >= 15 is 0 Å². The number of carbonyl (C=O) groups is 1. The highest BCUT2D eigenvalue weighted by Gasteiger charge is 2.10. The highest BCUT2D eigenvalue weighted by molar-refractivity contribution is 9.10. The van der Waals surface area contributed by atoms with Crippen LogP contribution >= 0.6 is 27.5 Å². The van der Waals surface area contributed by atoms with E-state index in [0.29, 0.717) is 21.3 Å². The molecule has 3 nitrogen and oxygen atoms in total. The minimum atomic E-state index is -0.548. The molecule has 0 unspecified atom stereocenters. The molecule has 0 bridgehead atoms. The number of rotatable bonds is 3. The van der Waals surface area contributed by atoms with Gasteiger partial charge in [0, 0.05) is 10.2 Å². The average Bonchev–Trinajstić information content (AvgIpc) is 2.43. The third kappa shape index (κ3) is 3.49. The molecule has 2 aromatic carbocycles. The van der Waals surface area contributed by atoms with E-state index in [2.05, 4.69) is 15.9 Å². The Labute approximate surface area is 128 Å². The van der Waals surface area contributed by atoms with Crippen molar-refractivity contribution in [3.8, 4) is 0 Å². The van der Waals surface area contributed by atoms with Crippen molar-refractivity contribution in [1.29, 1.82) is 0 Å². The Kier molecular flexibility index (Phi) is 4.62. The zero-order valence-electron chi connectivity index (χ0n) is 10.2. The summed E-state index contributed by atoms with van der Waals surface area (Å²) in [5.74, 6) is -1.08. The standard InChI is InChI=1S/C14H10BrClFNO2/c15-10-3-2-9(6-13(10)18)14(19)20-7-8-1-4-11(16)12(17)5-8/h1-6H,7,18H2. The van der Waals surface area contributed by atoms with E-state index in [-0.39, 0.29) is 11.6 Å². The minimum absolute atomic E-state index is 0.0285. The molecule has 2 aromatic rings. The first-order valence-electron chi connectivity index (χ1n) is 5.63. The second-order valence-electron chi connectivity index (χ2n) is 4.06. The van der Waals surface area contributed by atoms with Crippen molar-refractivity contribution in [2.45, 2.75) is 6.61 Å². The van der Waals surface area contributed by atoms with Crippen LogP contribution in [-0.2, 0) is 11.3 Å². The lowest BCUT2D eigenvalue weighted by Gasteiger charge is -2.07. The van der Waals surface area contributed by atoms with Gasteiger partial charge in [-0.2, -0.15) is 0 Å². The molecular weight excluding hydrogens is 349 g/mol. The smallest absolute Gasteiger partial charge is 0.338 e. The zero-order valence-corrected chi connectivity index (χ0v) is 12.5. The second kappa shape index (κ2) is 6.24. The van der Waals surface area contributed by atoms with E-state index in [1.54, 1.807) is 18.2 Å². The lowest BCUT2D eigenvalue weighted by molar-refractivity contribution is 0.0472. The summed E-state index contributed by atoms with van der Waals surface area (Å²) in [6.07, 6.45) is 0. The maximum atomic E-state index is 13.2. The lowest BCUT2D eigenvalue weighted by Crippen LogP contribution is -2.06. The van der Waals surface area contributed by atoms with Gasteiger partial charge < -0.3 is 10.5 Å². The van der Waals surface area contributed by atoms with Gasteiger partial charge in [0.15, 0.2) is 0 Å². The number of anilines is 1. The molecule has 0 radical (unpaired) electrons. The molecule has 0 aromatic heterocycles. The quantitative estimate of drug-likeness (QED) is 0.661. The van der Waals surface area contributed by atoms with E-state index in [4.69, 9.17) is 22.1 Å². The monoisotopic (exact) mass is 357 g/mol. The maximum absolute atomic E-state index is 13.2. The van der Waals surface area contributed by atoms with Gasteiger partial charge in [-0.05, 0) is 51.8 Å². The molecule has 0 saturated carbocycles. The average molecular weight is 359 g/mol. The summed E-state index contributed by atoms with van der Waals surface area (Å²) >= 11 is 8.81. The van der Waals surface area contributed by atoms with Crippen molar-refractivity contribution in [3.05, 3.63) is 62.8 Å². The van der Waals surface area contributed by atoms with E-state index < -0.39 is 11.8 Å². The van der Waals surface area contributed by atoms with Crippen molar-refractivity contribution in [2.75, 3.05) is 5.73 Å². The lowest BCUT2D eigenvalue weighted by atomic mass is 10.2. The highest BCUT2D eigenvalue weighted by atomic mass is 79.9. The van der Waals surface area contributed by atoms with Crippen LogP contribution in [0.3, 0.4) is 0 Å². The third-order valence-corrected chi connectivity index (χ3v) is 3.61. The maximum Gasteiger partial charge on any atom is 0.338 e. The van der Waals surface area contributed by atoms with Gasteiger partial charge in [-0.1, -0.05) is 17.7 Å². The number of carbonyl (C=O) groups excluding carboxylic acids is 1.